The highest BCUT2D eigenvalue weighted by atomic mass is 31.2. The molecule has 86 valence electrons. The van der Waals surface area contributed by atoms with Gasteiger partial charge < -0.3 is 9.79 Å². The smallest absolute Gasteiger partial charge is 0.323 e. The van der Waals surface area contributed by atoms with Gasteiger partial charge in [-0.05, 0) is 0 Å². The van der Waals surface area contributed by atoms with Crippen LogP contribution in [0.5, 0.6) is 0 Å². The molecular weight excluding hydrogens is 226 g/mol. The van der Waals surface area contributed by atoms with Crippen LogP contribution in [0.25, 0.3) is 0 Å². The van der Waals surface area contributed by atoms with Crippen LogP contribution in [0.4, 0.5) is 0 Å². The first-order valence-corrected chi connectivity index (χ1v) is 7.29. The third-order valence-corrected chi connectivity index (χ3v) is 3.32. The second-order valence-electron chi connectivity index (χ2n) is 3.11. The van der Waals surface area contributed by atoms with Crippen LogP contribution < -0.4 is 0 Å². The van der Waals surface area contributed by atoms with E-state index in [1.807, 2.05) is 0 Å². The Bertz CT molecular complexity index is 153. The van der Waals surface area contributed by atoms with Gasteiger partial charge >= 0.3 is 16.5 Å². The number of hydrogen-bond acceptors (Lipinski definition) is 3. The van der Waals surface area contributed by atoms with Gasteiger partial charge in [0, 0.05) is 0 Å². The van der Waals surface area contributed by atoms with Crippen molar-refractivity contribution in [2.75, 3.05) is 0 Å². The van der Waals surface area contributed by atoms with Crippen molar-refractivity contribution in [3.63, 3.8) is 0 Å². The topological polar surface area (TPSA) is 83.8 Å². The molecule has 1 rings (SSSR count). The Morgan fingerprint density at radius 1 is 0.714 bits per heavy atom. The van der Waals surface area contributed by atoms with E-state index in [0.29, 0.717) is 0 Å². The Labute approximate surface area is 85.4 Å². The van der Waals surface area contributed by atoms with E-state index >= 15 is 0 Å². The Morgan fingerprint density at radius 2 is 0.929 bits per heavy atom. The summed E-state index contributed by atoms with van der Waals surface area (Å²) in [5, 5.41) is 0. The minimum absolute atomic E-state index is 1.50. The first-order chi connectivity index (χ1) is 6.63. The van der Waals surface area contributed by atoms with Crippen LogP contribution in [0.15, 0.2) is 0 Å². The van der Waals surface area contributed by atoms with Crippen LogP contribution in [0.2, 0.25) is 0 Å². The molecule has 7 heteroatoms. The third kappa shape index (κ3) is 12.3. The van der Waals surface area contributed by atoms with Gasteiger partial charge in [-0.3, -0.25) is 9.13 Å². The Morgan fingerprint density at radius 3 is 1.00 bits per heavy atom. The molecule has 2 N–H and O–H groups in total. The molecule has 0 spiro atoms. The Hall–Kier alpha value is 0.340. The highest BCUT2D eigenvalue weighted by molar-refractivity contribution is 7.46. The van der Waals surface area contributed by atoms with Crippen molar-refractivity contribution in [3.05, 3.63) is 0 Å². The molecule has 14 heavy (non-hydrogen) atoms. The van der Waals surface area contributed by atoms with Gasteiger partial charge in [-0.1, -0.05) is 44.9 Å². The number of hydrogen-bond donors (Lipinski definition) is 2. The van der Waals surface area contributed by atoms with Gasteiger partial charge in [-0.15, -0.1) is 0 Å². The molecule has 0 aromatic carbocycles. The summed E-state index contributed by atoms with van der Waals surface area (Å²) in [5.41, 5.74) is 0. The zero-order valence-electron chi connectivity index (χ0n) is 8.07. The molecule has 0 aromatic rings. The minimum atomic E-state index is -3.20. The maximum absolute atomic E-state index is 9.44. The first-order valence-electron chi connectivity index (χ1n) is 4.76. The second-order valence-corrected chi connectivity index (χ2v) is 4.99. The molecule has 1 saturated carbocycles. The van der Waals surface area contributed by atoms with Gasteiger partial charge in [0.2, 0.25) is 0 Å². The average Bonchev–Trinajstić information content (AvgIpc) is 2.32. The fourth-order valence-electron chi connectivity index (χ4n) is 1.31. The highest BCUT2D eigenvalue weighted by Gasteiger charge is 1.95. The summed E-state index contributed by atoms with van der Waals surface area (Å²) in [6.07, 6.45) is 10.5. The van der Waals surface area contributed by atoms with E-state index in [4.69, 9.17) is 9.79 Å². The van der Waals surface area contributed by atoms with Crippen molar-refractivity contribution < 1.29 is 23.2 Å². The molecule has 0 bridgehead atoms. The van der Waals surface area contributed by atoms with E-state index in [2.05, 4.69) is 4.31 Å². The van der Waals surface area contributed by atoms with Crippen LogP contribution in [0, 0.1) is 0 Å². The van der Waals surface area contributed by atoms with Crippen LogP contribution in [0.1, 0.15) is 44.9 Å². The molecule has 2 unspecified atom stereocenters. The van der Waals surface area contributed by atoms with Gasteiger partial charge in [-0.2, -0.15) is 0 Å². The third-order valence-electron chi connectivity index (χ3n) is 1.92. The quantitative estimate of drug-likeness (QED) is 0.575. The predicted molar refractivity (Wildman–Crippen MR) is 55.8 cm³/mol. The van der Waals surface area contributed by atoms with Gasteiger partial charge in [0.05, 0.1) is 0 Å². The van der Waals surface area contributed by atoms with Crippen molar-refractivity contribution in [1.82, 2.24) is 0 Å². The van der Waals surface area contributed by atoms with Crippen LogP contribution in [-0.2, 0) is 13.4 Å². The Kier molecular flexibility index (Phi) is 10.1. The summed E-state index contributed by atoms with van der Waals surface area (Å²) in [4.78, 5) is 15.4. The minimum Gasteiger partial charge on any atom is -0.326 e. The summed E-state index contributed by atoms with van der Waals surface area (Å²) in [6, 6.07) is 0. The lowest BCUT2D eigenvalue weighted by Gasteiger charge is -1.86. The van der Waals surface area contributed by atoms with E-state index in [1.54, 1.807) is 0 Å². The van der Waals surface area contributed by atoms with Crippen LogP contribution in [0.3, 0.4) is 0 Å². The maximum atomic E-state index is 9.44. The first kappa shape index (κ1) is 14.3. The molecule has 0 aromatic heterocycles. The summed E-state index contributed by atoms with van der Waals surface area (Å²) < 4.78 is 22.3. The fraction of sp³-hybridized carbons (Fsp3) is 1.00. The van der Waals surface area contributed by atoms with Gasteiger partial charge in [-0.25, -0.2) is 4.31 Å². The molecule has 5 nitrogen and oxygen atoms in total. The van der Waals surface area contributed by atoms with E-state index in [9.17, 15) is 9.13 Å². The monoisotopic (exact) mass is 244 g/mol. The molecule has 0 heterocycles. The second kappa shape index (κ2) is 9.88. The maximum Gasteiger partial charge on any atom is 0.323 e. The molecule has 1 aliphatic rings. The van der Waals surface area contributed by atoms with E-state index in [0.717, 1.165) is 0 Å². The largest absolute Gasteiger partial charge is 0.326 e. The molecular formula is C7H18O5P2. The summed E-state index contributed by atoms with van der Waals surface area (Å²) in [6.45, 7) is 0. The van der Waals surface area contributed by atoms with E-state index < -0.39 is 16.5 Å². The van der Waals surface area contributed by atoms with Crippen molar-refractivity contribution in [2.45, 2.75) is 44.9 Å². The standard InChI is InChI=1S/C7H14.H4O5P2/c1-2-4-6-7-5-3-1;1-6(2)5-7(3)4/h1-7H2;6-7H,(H,1,2)(H,3,4). The Balaban J connectivity index is 0.000000241. The predicted octanol–water partition coefficient (Wildman–Crippen LogP) is 2.50. The molecule has 1 fully saturated rings. The molecule has 2 atom stereocenters. The summed E-state index contributed by atoms with van der Waals surface area (Å²) in [5.74, 6) is 0. The molecule has 0 saturated heterocycles. The highest BCUT2D eigenvalue weighted by Crippen LogP contribution is 2.30. The lowest BCUT2D eigenvalue weighted by molar-refractivity contribution is 0.371. The lowest BCUT2D eigenvalue weighted by atomic mass is 10.2. The lowest BCUT2D eigenvalue weighted by Crippen LogP contribution is -1.66. The van der Waals surface area contributed by atoms with Crippen molar-refractivity contribution >= 4 is 16.5 Å². The van der Waals surface area contributed by atoms with Gasteiger partial charge in [0.15, 0.2) is 0 Å². The average molecular weight is 244 g/mol. The summed E-state index contributed by atoms with van der Waals surface area (Å²) >= 11 is 0. The molecule has 1 aliphatic carbocycles. The van der Waals surface area contributed by atoms with Crippen LogP contribution >= 0.6 is 16.5 Å². The van der Waals surface area contributed by atoms with Crippen molar-refractivity contribution in [1.29, 1.82) is 0 Å². The van der Waals surface area contributed by atoms with Crippen molar-refractivity contribution in [2.24, 2.45) is 0 Å². The fourth-order valence-corrected chi connectivity index (χ4v) is 1.91. The van der Waals surface area contributed by atoms with Gasteiger partial charge in [0.25, 0.3) is 0 Å². The van der Waals surface area contributed by atoms with Crippen LogP contribution in [-0.4, -0.2) is 9.79 Å². The summed E-state index contributed by atoms with van der Waals surface area (Å²) in [7, 11) is -6.40. The SMILES string of the molecule is C1CCCCCC1.O=[PH](O)O[PH](=O)O. The normalized spacial score (nSPS) is 21.3. The van der Waals surface area contributed by atoms with Gasteiger partial charge in [0.1, 0.15) is 0 Å². The van der Waals surface area contributed by atoms with E-state index in [-0.39, 0.29) is 0 Å². The van der Waals surface area contributed by atoms with E-state index in [1.165, 1.54) is 44.9 Å². The molecule has 0 aliphatic heterocycles. The molecule has 0 radical (unpaired) electrons. The zero-order chi connectivity index (χ0) is 10.8. The zero-order valence-corrected chi connectivity index (χ0v) is 10.1. The molecule has 0 amide bonds. The number of rotatable bonds is 2. The van der Waals surface area contributed by atoms with Crippen molar-refractivity contribution in [3.8, 4) is 0 Å².